The Hall–Kier alpha value is -3.65. The molecule has 0 spiro atoms. The highest BCUT2D eigenvalue weighted by molar-refractivity contribution is 9.10. The first-order chi connectivity index (χ1) is 19.4. The number of carbonyl (C=O) groups is 1. The van der Waals surface area contributed by atoms with Crippen LogP contribution in [-0.2, 0) is 4.79 Å². The summed E-state index contributed by atoms with van der Waals surface area (Å²) in [7, 11) is 0. The number of para-hydroxylation sites is 1. The smallest absolute Gasteiger partial charge is 0.249 e. The molecule has 1 fully saturated rings. The zero-order chi connectivity index (χ0) is 29.1. The minimum Gasteiger partial charge on any atom is -0.507 e. The molecule has 0 unspecified atom stereocenters. The van der Waals surface area contributed by atoms with Crippen molar-refractivity contribution >= 4 is 39.4 Å². The van der Waals surface area contributed by atoms with E-state index in [1.807, 2.05) is 80.3 Å². The van der Waals surface area contributed by atoms with Crippen molar-refractivity contribution in [3.05, 3.63) is 82.5 Å². The fraction of sp³-hybridized carbons (Fsp3) is 0.344. The molecule has 7 nitrogen and oxygen atoms in total. The fourth-order valence-electron chi connectivity index (χ4n) is 4.41. The van der Waals surface area contributed by atoms with E-state index in [4.69, 9.17) is 4.98 Å². The maximum Gasteiger partial charge on any atom is 0.249 e. The van der Waals surface area contributed by atoms with Gasteiger partial charge in [0.1, 0.15) is 11.6 Å². The molecule has 2 aromatic heterocycles. The molecule has 0 radical (unpaired) electrons. The number of nitrogens with one attached hydrogen (secondary N) is 1. The van der Waals surface area contributed by atoms with Crippen LogP contribution in [0.3, 0.4) is 0 Å². The average Bonchev–Trinajstić information content (AvgIpc) is 3.36. The van der Waals surface area contributed by atoms with Crippen molar-refractivity contribution in [2.45, 2.75) is 59.9 Å². The average molecular weight is 607 g/mol. The number of carbonyl (C=O) groups excluding carboxylic acids is 1. The summed E-state index contributed by atoms with van der Waals surface area (Å²) in [6.45, 7) is 11.5. The minimum absolute atomic E-state index is 0.0800. The molecule has 2 N–H and O–H groups in total. The number of hydrogen-bond acceptors (Lipinski definition) is 5. The molecular formula is C32H40BrN5O2. The van der Waals surface area contributed by atoms with E-state index in [2.05, 4.69) is 40.2 Å². The van der Waals surface area contributed by atoms with Crippen molar-refractivity contribution < 1.29 is 9.90 Å². The Kier molecular flexibility index (Phi) is 11.8. The maximum absolute atomic E-state index is 13.0. The number of aromatic nitrogens is 3. The van der Waals surface area contributed by atoms with Crippen LogP contribution in [0, 0.1) is 0 Å². The number of phenolic OH excluding ortho intramolecular Hbond substituents is 1. The van der Waals surface area contributed by atoms with Gasteiger partial charge in [-0.25, -0.2) is 4.98 Å². The number of benzene rings is 2. The van der Waals surface area contributed by atoms with E-state index in [0.29, 0.717) is 30.0 Å². The molecule has 2 aromatic carbocycles. The number of fused-ring (bicyclic) bond motifs is 1. The van der Waals surface area contributed by atoms with Crippen molar-refractivity contribution in [1.82, 2.24) is 19.5 Å². The number of amides is 1. The van der Waals surface area contributed by atoms with Crippen LogP contribution in [-0.4, -0.2) is 49.6 Å². The summed E-state index contributed by atoms with van der Waals surface area (Å²) in [6.07, 6.45) is 6.55. The van der Waals surface area contributed by atoms with Crippen LogP contribution >= 0.6 is 15.9 Å². The predicted molar refractivity (Wildman–Crippen MR) is 168 cm³/mol. The molecule has 5 rings (SSSR count). The lowest BCUT2D eigenvalue weighted by molar-refractivity contribution is -0.127. The van der Waals surface area contributed by atoms with Crippen LogP contribution in [0.15, 0.2) is 76.9 Å². The molecule has 1 saturated heterocycles. The van der Waals surface area contributed by atoms with E-state index in [9.17, 15) is 9.90 Å². The summed E-state index contributed by atoms with van der Waals surface area (Å²) in [5.41, 5.74) is 3.76. The van der Waals surface area contributed by atoms with E-state index in [1.54, 1.807) is 22.8 Å². The Labute approximate surface area is 246 Å². The van der Waals surface area contributed by atoms with Gasteiger partial charge in [0.2, 0.25) is 5.91 Å². The van der Waals surface area contributed by atoms with Crippen molar-refractivity contribution in [3.8, 4) is 17.0 Å². The summed E-state index contributed by atoms with van der Waals surface area (Å²) >= 11 is 3.53. The van der Waals surface area contributed by atoms with Gasteiger partial charge in [0.25, 0.3) is 0 Å². The van der Waals surface area contributed by atoms with Gasteiger partial charge in [-0.15, -0.1) is 0 Å². The third kappa shape index (κ3) is 7.72. The molecule has 40 heavy (non-hydrogen) atoms. The second-order valence-corrected chi connectivity index (χ2v) is 10.3. The van der Waals surface area contributed by atoms with Gasteiger partial charge in [0.05, 0.1) is 16.4 Å². The van der Waals surface area contributed by atoms with E-state index in [0.717, 1.165) is 34.3 Å². The molecule has 0 aliphatic carbocycles. The SMILES string of the molecule is C/C(=C\c1ccccc1)C(=O)N1CCC(Nc2cc(-c3ccccc3O)nc3c(Br)cnn23)CC1.CC.CCC. The highest BCUT2D eigenvalue weighted by atomic mass is 79.9. The number of rotatable bonds is 5. The standard InChI is InChI=1S/C27H26BrN5O2.C3H8.C2H6/c1-18(15-19-7-3-2-4-8-19)27(35)32-13-11-20(12-14-32)30-25-16-23(21-9-5-6-10-24(21)34)31-26-22(28)17-29-33(25)26;1-3-2;1-2/h2-10,15-17,20,30,34H,11-14H2,1H3;3H2,1-2H3;1-2H3/b18-15+;;. The number of phenols is 1. The van der Waals surface area contributed by atoms with E-state index < -0.39 is 0 Å². The van der Waals surface area contributed by atoms with Crippen LogP contribution in [0.25, 0.3) is 23.0 Å². The topological polar surface area (TPSA) is 82.8 Å². The summed E-state index contributed by atoms with van der Waals surface area (Å²) in [6, 6.07) is 19.2. The summed E-state index contributed by atoms with van der Waals surface area (Å²) in [5, 5.41) is 18.4. The zero-order valence-corrected chi connectivity index (χ0v) is 25.6. The molecule has 4 aromatic rings. The number of nitrogens with zero attached hydrogens (tertiary/aromatic N) is 4. The summed E-state index contributed by atoms with van der Waals surface area (Å²) in [5.74, 6) is 1.05. The van der Waals surface area contributed by atoms with Gasteiger partial charge >= 0.3 is 0 Å². The van der Waals surface area contributed by atoms with Crippen molar-refractivity contribution in [3.63, 3.8) is 0 Å². The van der Waals surface area contributed by atoms with E-state index in [-0.39, 0.29) is 17.7 Å². The fourth-order valence-corrected chi connectivity index (χ4v) is 4.76. The largest absolute Gasteiger partial charge is 0.507 e. The number of halogens is 1. The van der Waals surface area contributed by atoms with Crippen LogP contribution in [0.4, 0.5) is 5.82 Å². The van der Waals surface area contributed by atoms with Gasteiger partial charge in [-0.2, -0.15) is 9.61 Å². The lowest BCUT2D eigenvalue weighted by Crippen LogP contribution is -2.42. The van der Waals surface area contributed by atoms with Crippen LogP contribution in [0.5, 0.6) is 5.75 Å². The third-order valence-electron chi connectivity index (χ3n) is 6.26. The minimum atomic E-state index is 0.0800. The van der Waals surface area contributed by atoms with E-state index >= 15 is 0 Å². The van der Waals surface area contributed by atoms with Gasteiger partial charge < -0.3 is 15.3 Å². The van der Waals surface area contributed by atoms with E-state index in [1.165, 1.54) is 6.42 Å². The highest BCUT2D eigenvalue weighted by Gasteiger charge is 2.24. The van der Waals surface area contributed by atoms with Crippen molar-refractivity contribution in [2.75, 3.05) is 18.4 Å². The normalized spacial score (nSPS) is 13.7. The van der Waals surface area contributed by atoms with Crippen LogP contribution in [0.1, 0.15) is 59.4 Å². The van der Waals surface area contributed by atoms with Gasteiger partial charge in [0.15, 0.2) is 5.65 Å². The molecule has 1 aliphatic rings. The van der Waals surface area contributed by atoms with Crippen molar-refractivity contribution in [2.24, 2.45) is 0 Å². The first kappa shape index (κ1) is 30.9. The number of likely N-dealkylation sites (tertiary alicyclic amines) is 1. The quantitative estimate of drug-likeness (QED) is 0.227. The lowest BCUT2D eigenvalue weighted by atomic mass is 10.0. The molecule has 212 valence electrons. The summed E-state index contributed by atoms with van der Waals surface area (Å²) < 4.78 is 2.54. The highest BCUT2D eigenvalue weighted by Crippen LogP contribution is 2.31. The zero-order valence-electron chi connectivity index (χ0n) is 24.1. The second-order valence-electron chi connectivity index (χ2n) is 9.43. The Balaban J connectivity index is 0.000000827. The maximum atomic E-state index is 13.0. The van der Waals surface area contributed by atoms with Crippen LogP contribution in [0.2, 0.25) is 0 Å². The first-order valence-electron chi connectivity index (χ1n) is 14.0. The molecule has 0 bridgehead atoms. The molecular weight excluding hydrogens is 566 g/mol. The van der Waals surface area contributed by atoms with Gasteiger partial charge in [-0.3, -0.25) is 4.79 Å². The second kappa shape index (κ2) is 15.2. The van der Waals surface area contributed by atoms with Gasteiger partial charge in [0, 0.05) is 36.3 Å². The van der Waals surface area contributed by atoms with Gasteiger partial charge in [-0.05, 0) is 59.5 Å². The number of hydrogen-bond donors (Lipinski definition) is 2. The molecule has 8 heteroatoms. The Morgan fingerprint density at radius 1 is 1.07 bits per heavy atom. The Morgan fingerprint density at radius 3 is 2.35 bits per heavy atom. The monoisotopic (exact) mass is 605 g/mol. The Morgan fingerprint density at radius 2 is 1.70 bits per heavy atom. The number of aromatic hydroxyl groups is 1. The molecule has 3 heterocycles. The number of piperidine rings is 1. The molecule has 1 amide bonds. The van der Waals surface area contributed by atoms with Crippen LogP contribution < -0.4 is 5.32 Å². The van der Waals surface area contributed by atoms with Crippen molar-refractivity contribution in [1.29, 1.82) is 0 Å². The summed E-state index contributed by atoms with van der Waals surface area (Å²) in [4.78, 5) is 19.6. The third-order valence-corrected chi connectivity index (χ3v) is 6.82. The molecule has 0 atom stereocenters. The van der Waals surface area contributed by atoms with Gasteiger partial charge in [-0.1, -0.05) is 76.6 Å². The molecule has 0 saturated carbocycles. The Bertz CT molecular complexity index is 1410. The number of anilines is 1. The lowest BCUT2D eigenvalue weighted by Gasteiger charge is -2.33. The predicted octanol–water partition coefficient (Wildman–Crippen LogP) is 7.81. The first-order valence-corrected chi connectivity index (χ1v) is 14.8. The molecule has 1 aliphatic heterocycles.